The maximum Gasteiger partial charge on any atom is 0.251 e. The lowest BCUT2D eigenvalue weighted by atomic mass is 9.77. The van der Waals surface area contributed by atoms with E-state index in [1.807, 2.05) is 29.2 Å². The predicted molar refractivity (Wildman–Crippen MR) is 158 cm³/mol. The minimum absolute atomic E-state index is 0.0133. The lowest BCUT2D eigenvalue weighted by molar-refractivity contribution is -0.135. The van der Waals surface area contributed by atoms with E-state index in [0.717, 1.165) is 69.7 Å². The van der Waals surface area contributed by atoms with Gasteiger partial charge in [0.05, 0.1) is 18.1 Å². The summed E-state index contributed by atoms with van der Waals surface area (Å²) < 4.78 is 14.9. The number of rotatable bonds is 10. The third-order valence-electron chi connectivity index (χ3n) is 9.35. The Kier molecular flexibility index (Phi) is 8.35. The number of nitrogens with zero attached hydrogens (tertiary/aromatic N) is 5. The Hall–Kier alpha value is -3.63. The minimum atomic E-state index is -0.582. The molecular weight excluding hydrogens is 533 g/mol. The molecule has 3 aromatic rings. The molecule has 3 aliphatic rings. The highest BCUT2D eigenvalue weighted by Gasteiger charge is 2.41. The van der Waals surface area contributed by atoms with Gasteiger partial charge >= 0.3 is 0 Å². The number of halogens is 1. The summed E-state index contributed by atoms with van der Waals surface area (Å²) in [6.07, 6.45) is 8.92. The molecule has 42 heavy (non-hydrogen) atoms. The molecule has 1 aliphatic carbocycles. The lowest BCUT2D eigenvalue weighted by Crippen LogP contribution is -2.52. The molecule has 222 valence electrons. The van der Waals surface area contributed by atoms with Crippen LogP contribution in [0, 0.1) is 11.2 Å². The van der Waals surface area contributed by atoms with Crippen LogP contribution in [0.2, 0.25) is 0 Å². The molecule has 2 amide bonds. The van der Waals surface area contributed by atoms with E-state index in [-0.39, 0.29) is 17.6 Å². The first kappa shape index (κ1) is 28.5. The summed E-state index contributed by atoms with van der Waals surface area (Å²) in [6.45, 7) is 4.46. The van der Waals surface area contributed by atoms with E-state index in [4.69, 9.17) is 0 Å². The van der Waals surface area contributed by atoms with Gasteiger partial charge in [-0.15, -0.1) is 5.10 Å². The smallest absolute Gasteiger partial charge is 0.251 e. The van der Waals surface area contributed by atoms with Gasteiger partial charge in [0.25, 0.3) is 5.91 Å². The van der Waals surface area contributed by atoms with Crippen LogP contribution < -0.4 is 10.6 Å². The molecule has 6 rings (SSSR count). The van der Waals surface area contributed by atoms with Gasteiger partial charge in [-0.2, -0.15) is 0 Å². The molecule has 0 bridgehead atoms. The molecule has 2 aliphatic heterocycles. The monoisotopic (exact) mass is 573 g/mol. The van der Waals surface area contributed by atoms with Crippen LogP contribution in [-0.4, -0.2) is 88.5 Å². The van der Waals surface area contributed by atoms with Crippen molar-refractivity contribution < 1.29 is 14.0 Å². The highest BCUT2D eigenvalue weighted by Crippen LogP contribution is 2.41. The number of likely N-dealkylation sites (tertiary alicyclic amines) is 2. The van der Waals surface area contributed by atoms with Gasteiger partial charge in [0.15, 0.2) is 0 Å². The average Bonchev–Trinajstić information content (AvgIpc) is 3.38. The van der Waals surface area contributed by atoms with Crippen molar-refractivity contribution in [2.45, 2.75) is 56.5 Å². The van der Waals surface area contributed by atoms with Gasteiger partial charge in [0.2, 0.25) is 5.91 Å². The summed E-state index contributed by atoms with van der Waals surface area (Å²) in [6, 6.07) is 13.7. The Morgan fingerprint density at radius 3 is 2.45 bits per heavy atom. The zero-order chi connectivity index (χ0) is 29.1. The van der Waals surface area contributed by atoms with Crippen LogP contribution >= 0.6 is 0 Å². The molecule has 2 saturated heterocycles. The first-order chi connectivity index (χ1) is 20.4. The number of nitrogens with one attached hydrogen (secondary N) is 2. The zero-order valence-electron chi connectivity index (χ0n) is 24.2. The summed E-state index contributed by atoms with van der Waals surface area (Å²) in [5.74, 6) is -0.0545. The van der Waals surface area contributed by atoms with Crippen molar-refractivity contribution in [1.29, 1.82) is 0 Å². The standard InChI is InChI=1S/C32H40FN7O2/c1-38-17-12-32(22-38)13-18-39(19-14-32)31(42)28(3-2-15-34-29-21-27(29)23-4-8-25(33)9-5-23)36-30(41)24-6-10-26(11-7-24)40-20-16-35-37-40/h4-11,16,20,27-29,34H,2-3,12-15,17-19,21-22H2,1H3,(H,36,41)/t27-,28-,29+/m0/s1. The van der Waals surface area contributed by atoms with Gasteiger partial charge in [0.1, 0.15) is 11.9 Å². The molecule has 3 fully saturated rings. The second-order valence-corrected chi connectivity index (χ2v) is 12.3. The summed E-state index contributed by atoms with van der Waals surface area (Å²) in [4.78, 5) is 31.4. The number of hydrogen-bond donors (Lipinski definition) is 2. The van der Waals surface area contributed by atoms with E-state index in [1.54, 1.807) is 29.2 Å². The fraction of sp³-hybridized carbons (Fsp3) is 0.500. The Morgan fingerprint density at radius 2 is 1.79 bits per heavy atom. The predicted octanol–water partition coefficient (Wildman–Crippen LogP) is 3.38. The van der Waals surface area contributed by atoms with Crippen LogP contribution in [-0.2, 0) is 4.79 Å². The normalized spacial score (nSPS) is 22.3. The van der Waals surface area contributed by atoms with E-state index in [9.17, 15) is 14.0 Å². The first-order valence-electron chi connectivity index (χ1n) is 15.1. The second-order valence-electron chi connectivity index (χ2n) is 12.3. The Bertz CT molecular complexity index is 1350. The zero-order valence-corrected chi connectivity index (χ0v) is 24.2. The van der Waals surface area contributed by atoms with E-state index < -0.39 is 6.04 Å². The van der Waals surface area contributed by atoms with Crippen molar-refractivity contribution in [3.63, 3.8) is 0 Å². The molecule has 2 aromatic carbocycles. The van der Waals surface area contributed by atoms with Gasteiger partial charge in [-0.25, -0.2) is 9.07 Å². The fourth-order valence-corrected chi connectivity index (χ4v) is 6.69. The molecule has 2 N–H and O–H groups in total. The first-order valence-corrected chi connectivity index (χ1v) is 15.1. The van der Waals surface area contributed by atoms with E-state index in [0.29, 0.717) is 29.4 Å². The van der Waals surface area contributed by atoms with E-state index in [1.165, 1.54) is 18.6 Å². The molecule has 0 radical (unpaired) electrons. The molecule has 3 heterocycles. The average molecular weight is 574 g/mol. The molecule has 0 unspecified atom stereocenters. The van der Waals surface area contributed by atoms with Gasteiger partial charge in [-0.3, -0.25) is 9.59 Å². The Labute approximate surface area is 246 Å². The SMILES string of the molecule is CN1CCC2(CCN(C(=O)[C@H](CCCN[C@@H]3C[C@H]3c3ccc(F)cc3)NC(=O)c3ccc(-n4ccnn4)cc3)CC2)C1. The van der Waals surface area contributed by atoms with Crippen LogP contribution in [0.5, 0.6) is 0 Å². The van der Waals surface area contributed by atoms with Crippen LogP contribution in [0.4, 0.5) is 4.39 Å². The third kappa shape index (κ3) is 6.55. The summed E-state index contributed by atoms with van der Waals surface area (Å²) in [5, 5.41) is 14.5. The van der Waals surface area contributed by atoms with Crippen molar-refractivity contribution in [1.82, 2.24) is 35.4 Å². The number of carbonyl (C=O) groups excluding carboxylic acids is 2. The highest BCUT2D eigenvalue weighted by atomic mass is 19.1. The van der Waals surface area contributed by atoms with E-state index in [2.05, 4.69) is 32.9 Å². The second kappa shape index (κ2) is 12.3. The maximum absolute atomic E-state index is 13.8. The van der Waals surface area contributed by atoms with Gasteiger partial charge in [0, 0.05) is 37.2 Å². The molecular formula is C32H40FN7O2. The number of aromatic nitrogens is 3. The van der Waals surface area contributed by atoms with Crippen molar-refractivity contribution in [2.24, 2.45) is 5.41 Å². The van der Waals surface area contributed by atoms with Gasteiger partial charge < -0.3 is 20.4 Å². The number of benzene rings is 2. The van der Waals surface area contributed by atoms with Crippen molar-refractivity contribution in [3.05, 3.63) is 77.9 Å². The number of piperidine rings is 1. The Balaban J connectivity index is 1.06. The maximum atomic E-state index is 13.8. The minimum Gasteiger partial charge on any atom is -0.341 e. The Morgan fingerprint density at radius 1 is 1.05 bits per heavy atom. The number of amides is 2. The quantitative estimate of drug-likeness (QED) is 0.361. The van der Waals surface area contributed by atoms with Crippen LogP contribution in [0.25, 0.3) is 5.69 Å². The summed E-state index contributed by atoms with van der Waals surface area (Å²) in [7, 11) is 2.17. The van der Waals surface area contributed by atoms with Crippen molar-refractivity contribution in [2.75, 3.05) is 39.8 Å². The van der Waals surface area contributed by atoms with Gasteiger partial charge in [-0.1, -0.05) is 17.3 Å². The largest absolute Gasteiger partial charge is 0.341 e. The number of hydrogen-bond acceptors (Lipinski definition) is 6. The van der Waals surface area contributed by atoms with Crippen LogP contribution in [0.3, 0.4) is 0 Å². The summed E-state index contributed by atoms with van der Waals surface area (Å²) >= 11 is 0. The summed E-state index contributed by atoms with van der Waals surface area (Å²) in [5.41, 5.74) is 2.79. The lowest BCUT2D eigenvalue weighted by Gasteiger charge is -2.40. The van der Waals surface area contributed by atoms with Crippen LogP contribution in [0.15, 0.2) is 60.9 Å². The molecule has 10 heteroatoms. The molecule has 1 aromatic heterocycles. The molecule has 1 spiro atoms. The highest BCUT2D eigenvalue weighted by molar-refractivity contribution is 5.97. The topological polar surface area (TPSA) is 95.4 Å². The van der Waals surface area contributed by atoms with Crippen molar-refractivity contribution >= 4 is 11.8 Å². The fourth-order valence-electron chi connectivity index (χ4n) is 6.69. The molecule has 1 saturated carbocycles. The third-order valence-corrected chi connectivity index (χ3v) is 9.35. The van der Waals surface area contributed by atoms with Crippen molar-refractivity contribution in [3.8, 4) is 5.69 Å². The molecule has 3 atom stereocenters. The van der Waals surface area contributed by atoms with E-state index >= 15 is 0 Å². The van der Waals surface area contributed by atoms with Crippen LogP contribution in [0.1, 0.15) is 60.4 Å². The molecule has 9 nitrogen and oxygen atoms in total. The number of carbonyl (C=O) groups is 2. The van der Waals surface area contributed by atoms with Gasteiger partial charge in [-0.05, 0) is 106 Å².